The number of hydrogen-bond donors (Lipinski definition) is 2. The third-order valence-corrected chi connectivity index (χ3v) is 5.70. The van der Waals surface area contributed by atoms with Crippen LogP contribution in [0.1, 0.15) is 18.1 Å². The van der Waals surface area contributed by atoms with E-state index in [-0.39, 0.29) is 22.3 Å². The lowest BCUT2D eigenvalue weighted by molar-refractivity contribution is -0.126. The molecule has 1 amide bonds. The van der Waals surface area contributed by atoms with Crippen molar-refractivity contribution < 1.29 is 13.2 Å². The highest BCUT2D eigenvalue weighted by Gasteiger charge is 2.35. The Hall–Kier alpha value is -1.51. The van der Waals surface area contributed by atoms with Crippen LogP contribution in [0.25, 0.3) is 0 Å². The van der Waals surface area contributed by atoms with Crippen LogP contribution in [0.2, 0.25) is 0 Å². The summed E-state index contributed by atoms with van der Waals surface area (Å²) in [6.45, 7) is 3.89. The van der Waals surface area contributed by atoms with Crippen molar-refractivity contribution in [1.82, 2.24) is 9.62 Å². The minimum atomic E-state index is -3.72. The molecule has 1 aliphatic rings. The molecule has 0 aliphatic carbocycles. The molecule has 1 unspecified atom stereocenters. The summed E-state index contributed by atoms with van der Waals surface area (Å²) < 4.78 is 26.5. The lowest BCUT2D eigenvalue weighted by atomic mass is 10.1. The Morgan fingerprint density at radius 1 is 1.48 bits per heavy atom. The molecule has 1 saturated heterocycles. The van der Waals surface area contributed by atoms with Gasteiger partial charge in [-0.25, -0.2) is 8.42 Å². The Morgan fingerprint density at radius 3 is 2.71 bits per heavy atom. The van der Waals surface area contributed by atoms with Gasteiger partial charge in [0.15, 0.2) is 0 Å². The molecule has 1 aromatic carbocycles. The zero-order valence-corrected chi connectivity index (χ0v) is 13.4. The normalized spacial score (nSPS) is 20.1. The first-order valence-electron chi connectivity index (χ1n) is 6.45. The van der Waals surface area contributed by atoms with Gasteiger partial charge in [0.25, 0.3) is 0 Å². The van der Waals surface area contributed by atoms with E-state index < -0.39 is 16.1 Å². The zero-order valence-electron chi connectivity index (χ0n) is 11.8. The number of thiocarbonyl (C=S) groups is 1. The maximum Gasteiger partial charge on any atom is 0.243 e. The van der Waals surface area contributed by atoms with Crippen LogP contribution in [-0.2, 0) is 14.8 Å². The van der Waals surface area contributed by atoms with Gasteiger partial charge in [-0.1, -0.05) is 18.3 Å². The van der Waals surface area contributed by atoms with Crippen molar-refractivity contribution in [2.24, 2.45) is 5.73 Å². The van der Waals surface area contributed by atoms with Crippen molar-refractivity contribution in [2.75, 3.05) is 13.1 Å². The first kappa shape index (κ1) is 15.9. The molecular weight excluding hydrogens is 310 g/mol. The Labute approximate surface area is 129 Å². The molecule has 0 radical (unpaired) electrons. The van der Waals surface area contributed by atoms with Crippen LogP contribution in [0.5, 0.6) is 0 Å². The molecule has 1 aliphatic heterocycles. The summed E-state index contributed by atoms with van der Waals surface area (Å²) in [5, 5.41) is 2.64. The smallest absolute Gasteiger partial charge is 0.243 e. The van der Waals surface area contributed by atoms with E-state index in [1.807, 2.05) is 0 Å². The number of carbonyl (C=O) groups is 1. The van der Waals surface area contributed by atoms with Crippen molar-refractivity contribution in [3.63, 3.8) is 0 Å². The molecule has 1 atom stereocenters. The van der Waals surface area contributed by atoms with Crippen LogP contribution in [0.4, 0.5) is 0 Å². The highest BCUT2D eigenvalue weighted by Crippen LogP contribution is 2.22. The molecule has 0 bridgehead atoms. The van der Waals surface area contributed by atoms with Crippen molar-refractivity contribution in [2.45, 2.75) is 24.8 Å². The van der Waals surface area contributed by atoms with E-state index in [0.29, 0.717) is 17.7 Å². The lowest BCUT2D eigenvalue weighted by Gasteiger charge is -2.31. The molecular formula is C13H17N3O3S2. The Morgan fingerprint density at radius 2 is 2.14 bits per heavy atom. The van der Waals surface area contributed by atoms with Crippen molar-refractivity contribution in [1.29, 1.82) is 0 Å². The molecule has 2 rings (SSSR count). The summed E-state index contributed by atoms with van der Waals surface area (Å²) in [6, 6.07) is 3.87. The van der Waals surface area contributed by atoms with E-state index in [0.717, 1.165) is 0 Å². The summed E-state index contributed by atoms with van der Waals surface area (Å²) in [5.74, 6) is -0.290. The van der Waals surface area contributed by atoms with Crippen molar-refractivity contribution in [3.05, 3.63) is 29.3 Å². The number of nitrogens with one attached hydrogen (secondary N) is 1. The molecule has 3 N–H and O–H groups in total. The standard InChI is InChI=1S/C13H17N3O3S2/c1-8-7-10(3-4-11(8)12(14)20)21(18,19)16-6-5-15-13(17)9(16)2/h3-4,7,9H,5-6H2,1-2H3,(H2,14,20)(H,15,17). The van der Waals surface area contributed by atoms with E-state index in [9.17, 15) is 13.2 Å². The second kappa shape index (κ2) is 5.70. The van der Waals surface area contributed by atoms with E-state index in [1.54, 1.807) is 19.9 Å². The number of nitrogens with zero attached hydrogens (tertiary/aromatic N) is 1. The third-order valence-electron chi connectivity index (χ3n) is 3.51. The van der Waals surface area contributed by atoms with Gasteiger partial charge in [-0.15, -0.1) is 0 Å². The molecule has 1 aromatic rings. The summed E-state index contributed by atoms with van der Waals surface area (Å²) in [5.41, 5.74) is 6.91. The number of aryl methyl sites for hydroxylation is 1. The highest BCUT2D eigenvalue weighted by atomic mass is 32.2. The molecule has 1 heterocycles. The average molecular weight is 327 g/mol. The lowest BCUT2D eigenvalue weighted by Crippen LogP contribution is -2.55. The summed E-state index contributed by atoms with van der Waals surface area (Å²) >= 11 is 4.91. The zero-order chi connectivity index (χ0) is 15.8. The number of amides is 1. The number of carbonyl (C=O) groups excluding carboxylic acids is 1. The number of nitrogens with two attached hydrogens (primary N) is 1. The summed E-state index contributed by atoms with van der Waals surface area (Å²) in [7, 11) is -3.72. The SMILES string of the molecule is Cc1cc(S(=O)(=O)N2CCNC(=O)C2C)ccc1C(N)=S. The quantitative estimate of drug-likeness (QED) is 0.770. The summed E-state index contributed by atoms with van der Waals surface area (Å²) in [4.78, 5) is 12.0. The van der Waals surface area contributed by atoms with Gasteiger partial charge in [-0.3, -0.25) is 4.79 Å². The van der Waals surface area contributed by atoms with Crippen LogP contribution in [0, 0.1) is 6.92 Å². The van der Waals surface area contributed by atoms with E-state index >= 15 is 0 Å². The average Bonchev–Trinajstić information content (AvgIpc) is 2.41. The molecule has 6 nitrogen and oxygen atoms in total. The molecule has 1 fully saturated rings. The molecule has 114 valence electrons. The number of piperazine rings is 1. The Kier molecular flexibility index (Phi) is 4.31. The monoisotopic (exact) mass is 327 g/mol. The van der Waals surface area contributed by atoms with Crippen molar-refractivity contribution >= 4 is 33.1 Å². The van der Waals surface area contributed by atoms with Gasteiger partial charge in [0.2, 0.25) is 15.9 Å². The first-order valence-corrected chi connectivity index (χ1v) is 8.30. The minimum Gasteiger partial charge on any atom is -0.389 e. The third kappa shape index (κ3) is 2.92. The van der Waals surface area contributed by atoms with Crippen LogP contribution < -0.4 is 11.1 Å². The van der Waals surface area contributed by atoms with E-state index in [1.165, 1.54) is 16.4 Å². The van der Waals surface area contributed by atoms with Crippen LogP contribution >= 0.6 is 12.2 Å². The largest absolute Gasteiger partial charge is 0.389 e. The first-order chi connectivity index (χ1) is 9.75. The van der Waals surface area contributed by atoms with Crippen LogP contribution in [0.3, 0.4) is 0 Å². The second-order valence-electron chi connectivity index (χ2n) is 4.92. The Balaban J connectivity index is 2.42. The van der Waals surface area contributed by atoms with E-state index in [2.05, 4.69) is 5.32 Å². The molecule has 0 saturated carbocycles. The second-order valence-corrected chi connectivity index (χ2v) is 7.25. The fourth-order valence-electron chi connectivity index (χ4n) is 2.30. The van der Waals surface area contributed by atoms with Crippen LogP contribution in [0.15, 0.2) is 23.1 Å². The maximum absolute atomic E-state index is 12.7. The van der Waals surface area contributed by atoms with Gasteiger partial charge in [-0.05, 0) is 31.5 Å². The van der Waals surface area contributed by atoms with Gasteiger partial charge in [0, 0.05) is 18.7 Å². The molecule has 0 spiro atoms. The topological polar surface area (TPSA) is 92.5 Å². The summed E-state index contributed by atoms with van der Waals surface area (Å²) in [6.07, 6.45) is 0. The fourth-order valence-corrected chi connectivity index (χ4v) is 4.21. The Bertz CT molecular complexity index is 701. The van der Waals surface area contributed by atoms with Crippen molar-refractivity contribution in [3.8, 4) is 0 Å². The maximum atomic E-state index is 12.7. The minimum absolute atomic E-state index is 0.140. The number of sulfonamides is 1. The molecule has 8 heteroatoms. The highest BCUT2D eigenvalue weighted by molar-refractivity contribution is 7.89. The number of hydrogen-bond acceptors (Lipinski definition) is 4. The number of rotatable bonds is 3. The van der Waals surface area contributed by atoms with Gasteiger partial charge in [0.1, 0.15) is 11.0 Å². The van der Waals surface area contributed by atoms with Crippen LogP contribution in [-0.4, -0.2) is 42.8 Å². The van der Waals surface area contributed by atoms with E-state index in [4.69, 9.17) is 18.0 Å². The van der Waals surface area contributed by atoms with Gasteiger partial charge < -0.3 is 11.1 Å². The molecule has 21 heavy (non-hydrogen) atoms. The van der Waals surface area contributed by atoms with Gasteiger partial charge in [0.05, 0.1) is 4.90 Å². The predicted octanol–water partition coefficient (Wildman–Crippen LogP) is 0.138. The fraction of sp³-hybridized carbons (Fsp3) is 0.385. The predicted molar refractivity (Wildman–Crippen MR) is 83.4 cm³/mol. The molecule has 0 aromatic heterocycles. The van der Waals surface area contributed by atoms with Gasteiger partial charge >= 0.3 is 0 Å². The van der Waals surface area contributed by atoms with Gasteiger partial charge in [-0.2, -0.15) is 4.31 Å². The number of benzene rings is 1.